The van der Waals surface area contributed by atoms with Gasteiger partial charge in [-0.05, 0) is 43.0 Å². The highest BCUT2D eigenvalue weighted by Crippen LogP contribution is 2.27. The molecule has 3 rings (SSSR count). The number of rotatable bonds is 4. The summed E-state index contributed by atoms with van der Waals surface area (Å²) in [6.07, 6.45) is 3.45. The van der Waals surface area contributed by atoms with Crippen molar-refractivity contribution < 1.29 is 0 Å². The van der Waals surface area contributed by atoms with Gasteiger partial charge in [-0.2, -0.15) is 5.26 Å². The van der Waals surface area contributed by atoms with Crippen LogP contribution in [0.2, 0.25) is 0 Å². The molecule has 3 aromatic rings. The minimum Gasteiger partial charge on any atom is -0.302 e. The van der Waals surface area contributed by atoms with Crippen molar-refractivity contribution >= 4 is 11.8 Å². The Bertz CT molecular complexity index is 805. The molecule has 108 valence electrons. The number of nitriles is 1. The number of hydrogen-bond donors (Lipinski definition) is 0. The Morgan fingerprint density at radius 2 is 1.91 bits per heavy atom. The Kier molecular flexibility index (Phi) is 4.07. The molecule has 0 N–H and O–H groups in total. The molecule has 3 aromatic heterocycles. The molecule has 0 fully saturated rings. The van der Waals surface area contributed by atoms with E-state index in [0.29, 0.717) is 10.7 Å². The lowest BCUT2D eigenvalue weighted by Crippen LogP contribution is -2.00. The molecular formula is C14H11N7S. The molecule has 0 unspecified atom stereocenters. The van der Waals surface area contributed by atoms with E-state index in [-0.39, 0.29) is 0 Å². The smallest absolute Gasteiger partial charge is 0.197 e. The zero-order valence-electron chi connectivity index (χ0n) is 11.7. The van der Waals surface area contributed by atoms with Crippen LogP contribution in [0.5, 0.6) is 0 Å². The van der Waals surface area contributed by atoms with Crippen molar-refractivity contribution in [3.05, 3.63) is 42.4 Å². The molecular weight excluding hydrogens is 298 g/mol. The molecule has 0 saturated carbocycles. The van der Waals surface area contributed by atoms with E-state index in [1.54, 1.807) is 24.5 Å². The van der Waals surface area contributed by atoms with Crippen LogP contribution in [0.3, 0.4) is 0 Å². The lowest BCUT2D eigenvalue weighted by molar-refractivity contribution is 0.686. The van der Waals surface area contributed by atoms with Crippen molar-refractivity contribution in [3.8, 4) is 17.5 Å². The molecule has 0 aliphatic rings. The van der Waals surface area contributed by atoms with Gasteiger partial charge in [0.25, 0.3) is 0 Å². The molecule has 0 atom stereocenters. The molecule has 0 aliphatic carbocycles. The quantitative estimate of drug-likeness (QED) is 0.729. The Morgan fingerprint density at radius 3 is 2.55 bits per heavy atom. The topological polar surface area (TPSA) is 93.2 Å². The van der Waals surface area contributed by atoms with E-state index in [4.69, 9.17) is 5.26 Å². The molecule has 0 aromatic carbocycles. The lowest BCUT2D eigenvalue weighted by atomic mass is 10.2. The van der Waals surface area contributed by atoms with Crippen molar-refractivity contribution in [2.24, 2.45) is 0 Å². The van der Waals surface area contributed by atoms with E-state index in [0.717, 1.165) is 23.1 Å². The SMILES string of the molecule is CCn1c(Sc2ccc(C#N)nn2)nnc1-c1ccncc1. The average molecular weight is 309 g/mol. The minimum atomic E-state index is 0.291. The zero-order valence-corrected chi connectivity index (χ0v) is 12.5. The normalized spacial score (nSPS) is 10.4. The Morgan fingerprint density at radius 1 is 1.09 bits per heavy atom. The molecule has 0 radical (unpaired) electrons. The largest absolute Gasteiger partial charge is 0.302 e. The van der Waals surface area contributed by atoms with Gasteiger partial charge in [-0.25, -0.2) is 0 Å². The highest BCUT2D eigenvalue weighted by molar-refractivity contribution is 7.99. The van der Waals surface area contributed by atoms with Gasteiger partial charge >= 0.3 is 0 Å². The van der Waals surface area contributed by atoms with Gasteiger partial charge in [-0.1, -0.05) is 0 Å². The molecule has 0 bridgehead atoms. The Hall–Kier alpha value is -2.79. The summed E-state index contributed by atoms with van der Waals surface area (Å²) in [5.41, 5.74) is 1.25. The van der Waals surface area contributed by atoms with Gasteiger partial charge < -0.3 is 4.57 Å². The summed E-state index contributed by atoms with van der Waals surface area (Å²) in [7, 11) is 0. The van der Waals surface area contributed by atoms with Crippen molar-refractivity contribution in [3.63, 3.8) is 0 Å². The second kappa shape index (κ2) is 6.32. The van der Waals surface area contributed by atoms with Gasteiger partial charge in [-0.3, -0.25) is 4.98 Å². The van der Waals surface area contributed by atoms with Crippen LogP contribution in [0.25, 0.3) is 11.4 Å². The maximum Gasteiger partial charge on any atom is 0.197 e. The zero-order chi connectivity index (χ0) is 15.4. The van der Waals surface area contributed by atoms with Crippen LogP contribution < -0.4 is 0 Å². The fourth-order valence-electron chi connectivity index (χ4n) is 1.89. The van der Waals surface area contributed by atoms with Crippen LogP contribution in [0, 0.1) is 11.3 Å². The average Bonchev–Trinajstić information content (AvgIpc) is 2.99. The lowest BCUT2D eigenvalue weighted by Gasteiger charge is -2.06. The van der Waals surface area contributed by atoms with Gasteiger partial charge in [0, 0.05) is 24.5 Å². The van der Waals surface area contributed by atoms with Gasteiger partial charge in [0.05, 0.1) is 0 Å². The number of hydrogen-bond acceptors (Lipinski definition) is 7. The first-order valence-electron chi connectivity index (χ1n) is 6.57. The van der Waals surface area contributed by atoms with Gasteiger partial charge in [0.1, 0.15) is 11.1 Å². The summed E-state index contributed by atoms with van der Waals surface area (Å²) < 4.78 is 2.00. The fourth-order valence-corrected chi connectivity index (χ4v) is 2.70. The molecule has 22 heavy (non-hydrogen) atoms. The molecule has 0 saturated heterocycles. The monoisotopic (exact) mass is 309 g/mol. The van der Waals surface area contributed by atoms with Crippen LogP contribution in [0.1, 0.15) is 12.6 Å². The first kappa shape index (κ1) is 14.2. The van der Waals surface area contributed by atoms with E-state index in [1.165, 1.54) is 11.8 Å². The van der Waals surface area contributed by atoms with Crippen LogP contribution in [0.15, 0.2) is 46.8 Å². The number of nitrogens with zero attached hydrogens (tertiary/aromatic N) is 7. The summed E-state index contributed by atoms with van der Waals surface area (Å²) in [6, 6.07) is 9.11. The van der Waals surface area contributed by atoms with Gasteiger partial charge in [0.15, 0.2) is 16.7 Å². The molecule has 0 spiro atoms. The van der Waals surface area contributed by atoms with Gasteiger partial charge in [0.2, 0.25) is 0 Å². The van der Waals surface area contributed by atoms with Crippen molar-refractivity contribution in [2.45, 2.75) is 23.7 Å². The molecule has 3 heterocycles. The van der Waals surface area contributed by atoms with Crippen molar-refractivity contribution in [2.75, 3.05) is 0 Å². The third-order valence-corrected chi connectivity index (χ3v) is 3.83. The maximum atomic E-state index is 8.74. The summed E-state index contributed by atoms with van der Waals surface area (Å²) in [4.78, 5) is 4.01. The molecule has 0 aliphatic heterocycles. The maximum absolute atomic E-state index is 8.74. The van der Waals surface area contributed by atoms with E-state index < -0.39 is 0 Å². The summed E-state index contributed by atoms with van der Waals surface area (Å²) in [5, 5.41) is 26.4. The highest BCUT2D eigenvalue weighted by atomic mass is 32.2. The van der Waals surface area contributed by atoms with Crippen molar-refractivity contribution in [1.29, 1.82) is 5.26 Å². The standard InChI is InChI=1S/C14H11N7S/c1-2-21-13(10-5-7-16-8-6-10)19-20-14(21)22-12-4-3-11(9-15)17-18-12/h3-8H,2H2,1H3. The molecule has 0 amide bonds. The first-order valence-corrected chi connectivity index (χ1v) is 7.38. The van der Waals surface area contributed by atoms with Gasteiger partial charge in [-0.15, -0.1) is 20.4 Å². The van der Waals surface area contributed by atoms with Crippen LogP contribution >= 0.6 is 11.8 Å². The Balaban J connectivity index is 1.91. The summed E-state index contributed by atoms with van der Waals surface area (Å²) >= 11 is 1.36. The van der Waals surface area contributed by atoms with Crippen LogP contribution in [-0.2, 0) is 6.54 Å². The predicted molar refractivity (Wildman–Crippen MR) is 79.8 cm³/mol. The van der Waals surface area contributed by atoms with E-state index in [1.807, 2.05) is 29.7 Å². The van der Waals surface area contributed by atoms with E-state index in [9.17, 15) is 0 Å². The third kappa shape index (κ3) is 2.80. The number of pyridine rings is 1. The molecule has 8 heteroatoms. The highest BCUT2D eigenvalue weighted by Gasteiger charge is 2.14. The predicted octanol–water partition coefficient (Wildman–Crippen LogP) is 2.17. The second-order valence-electron chi connectivity index (χ2n) is 4.26. The fraction of sp³-hybridized carbons (Fsp3) is 0.143. The summed E-state index contributed by atoms with van der Waals surface area (Å²) in [6.45, 7) is 2.76. The van der Waals surface area contributed by atoms with Crippen LogP contribution in [-0.4, -0.2) is 29.9 Å². The third-order valence-electron chi connectivity index (χ3n) is 2.92. The first-order chi connectivity index (χ1) is 10.8. The second-order valence-corrected chi connectivity index (χ2v) is 5.24. The van der Waals surface area contributed by atoms with Crippen LogP contribution in [0.4, 0.5) is 0 Å². The summed E-state index contributed by atoms with van der Waals surface area (Å²) in [5.74, 6) is 0.786. The number of aromatic nitrogens is 6. The van der Waals surface area contributed by atoms with Crippen molar-refractivity contribution in [1.82, 2.24) is 29.9 Å². The van der Waals surface area contributed by atoms with E-state index in [2.05, 4.69) is 25.4 Å². The minimum absolute atomic E-state index is 0.291. The van der Waals surface area contributed by atoms with E-state index >= 15 is 0 Å². The molecule has 7 nitrogen and oxygen atoms in total. The Labute approximate surface area is 131 Å².